The summed E-state index contributed by atoms with van der Waals surface area (Å²) in [7, 11) is -3.13. The van der Waals surface area contributed by atoms with Crippen molar-refractivity contribution >= 4 is 9.84 Å². The lowest BCUT2D eigenvalue weighted by molar-refractivity contribution is -0.0966. The lowest BCUT2D eigenvalue weighted by Crippen LogP contribution is -2.59. The molecule has 1 saturated carbocycles. The highest BCUT2D eigenvalue weighted by molar-refractivity contribution is 7.90. The summed E-state index contributed by atoms with van der Waals surface area (Å²) in [5.74, 6) is 0.739. The zero-order chi connectivity index (χ0) is 19.3. The van der Waals surface area contributed by atoms with Gasteiger partial charge < -0.3 is 4.74 Å². The SMILES string of the molecule is CC1(C)C[C@]2(CN3CCOCC3)CN(Cc3ccc(S(C)(=O)=O)cc3)C[C@H]12. The number of rotatable bonds is 5. The highest BCUT2D eigenvalue weighted by atomic mass is 32.2. The molecule has 0 bridgehead atoms. The van der Waals surface area contributed by atoms with Gasteiger partial charge >= 0.3 is 0 Å². The first-order chi connectivity index (χ1) is 12.7. The topological polar surface area (TPSA) is 49.9 Å². The van der Waals surface area contributed by atoms with Crippen molar-refractivity contribution in [3.05, 3.63) is 29.8 Å². The van der Waals surface area contributed by atoms with Crippen LogP contribution in [-0.4, -0.2) is 70.4 Å². The van der Waals surface area contributed by atoms with Gasteiger partial charge in [-0.2, -0.15) is 0 Å². The average molecular weight is 393 g/mol. The molecular formula is C21H32N2O3S. The Morgan fingerprint density at radius 1 is 1.11 bits per heavy atom. The summed E-state index contributed by atoms with van der Waals surface area (Å²) >= 11 is 0. The van der Waals surface area contributed by atoms with Gasteiger partial charge in [0, 0.05) is 50.9 Å². The minimum absolute atomic E-state index is 0.401. The first kappa shape index (κ1) is 19.4. The number of hydrogen-bond acceptors (Lipinski definition) is 5. The van der Waals surface area contributed by atoms with Crippen molar-refractivity contribution in [3.63, 3.8) is 0 Å². The molecule has 3 fully saturated rings. The first-order valence-electron chi connectivity index (χ1n) is 10.00. The Hall–Kier alpha value is -0.950. The van der Waals surface area contributed by atoms with Gasteiger partial charge in [-0.25, -0.2) is 8.42 Å². The summed E-state index contributed by atoms with van der Waals surface area (Å²) in [6.07, 6.45) is 2.56. The average Bonchev–Trinajstić information content (AvgIpc) is 2.89. The van der Waals surface area contributed by atoms with Crippen LogP contribution in [0.4, 0.5) is 0 Å². The van der Waals surface area contributed by atoms with E-state index < -0.39 is 9.84 Å². The Morgan fingerprint density at radius 3 is 2.37 bits per heavy atom. The maximum atomic E-state index is 11.7. The Labute approximate surface area is 163 Å². The number of benzene rings is 1. The van der Waals surface area contributed by atoms with Gasteiger partial charge in [-0.3, -0.25) is 9.80 Å². The Kier molecular flexibility index (Phi) is 4.90. The number of morpholine rings is 1. The predicted octanol–water partition coefficient (Wildman–Crippen LogP) is 2.27. The fourth-order valence-electron chi connectivity index (χ4n) is 5.87. The molecule has 0 N–H and O–H groups in total. The predicted molar refractivity (Wildman–Crippen MR) is 106 cm³/mol. The number of hydrogen-bond donors (Lipinski definition) is 0. The Balaban J connectivity index is 1.44. The zero-order valence-corrected chi connectivity index (χ0v) is 17.6. The molecule has 2 saturated heterocycles. The van der Waals surface area contributed by atoms with Crippen molar-refractivity contribution in [1.82, 2.24) is 9.80 Å². The third-order valence-corrected chi connectivity index (χ3v) is 8.00. The largest absolute Gasteiger partial charge is 0.379 e. The smallest absolute Gasteiger partial charge is 0.175 e. The molecule has 1 aliphatic carbocycles. The number of nitrogens with zero attached hydrogens (tertiary/aromatic N) is 2. The van der Waals surface area contributed by atoms with Crippen LogP contribution in [0.1, 0.15) is 25.8 Å². The summed E-state index contributed by atoms with van der Waals surface area (Å²) in [5.41, 5.74) is 2.03. The van der Waals surface area contributed by atoms with Gasteiger partial charge in [-0.05, 0) is 35.4 Å². The van der Waals surface area contributed by atoms with Gasteiger partial charge in [0.1, 0.15) is 0 Å². The molecule has 0 radical (unpaired) electrons. The molecule has 1 aromatic carbocycles. The number of ether oxygens (including phenoxy) is 1. The van der Waals surface area contributed by atoms with Crippen molar-refractivity contribution < 1.29 is 13.2 Å². The van der Waals surface area contributed by atoms with Crippen LogP contribution in [0.3, 0.4) is 0 Å². The maximum absolute atomic E-state index is 11.7. The van der Waals surface area contributed by atoms with E-state index in [0.717, 1.165) is 51.9 Å². The molecule has 6 heteroatoms. The van der Waals surface area contributed by atoms with E-state index in [1.165, 1.54) is 24.8 Å². The molecule has 5 nitrogen and oxygen atoms in total. The van der Waals surface area contributed by atoms with Crippen LogP contribution >= 0.6 is 0 Å². The molecular weight excluding hydrogens is 360 g/mol. The molecule has 0 aromatic heterocycles. The molecule has 0 amide bonds. The van der Waals surface area contributed by atoms with Gasteiger partial charge in [0.05, 0.1) is 18.1 Å². The van der Waals surface area contributed by atoms with E-state index in [-0.39, 0.29) is 0 Å². The molecule has 2 heterocycles. The first-order valence-corrected chi connectivity index (χ1v) is 11.9. The second-order valence-electron chi connectivity index (χ2n) is 9.55. The van der Waals surface area contributed by atoms with Crippen LogP contribution in [0.2, 0.25) is 0 Å². The summed E-state index contributed by atoms with van der Waals surface area (Å²) in [4.78, 5) is 5.57. The van der Waals surface area contributed by atoms with Crippen LogP contribution in [-0.2, 0) is 21.1 Å². The monoisotopic (exact) mass is 392 g/mol. The van der Waals surface area contributed by atoms with Crippen molar-refractivity contribution in [2.45, 2.75) is 31.7 Å². The Morgan fingerprint density at radius 2 is 1.78 bits per heavy atom. The second kappa shape index (κ2) is 6.83. The van der Waals surface area contributed by atoms with Crippen LogP contribution in [0, 0.1) is 16.7 Å². The van der Waals surface area contributed by atoms with E-state index in [1.807, 2.05) is 12.1 Å². The van der Waals surface area contributed by atoms with E-state index in [1.54, 1.807) is 12.1 Å². The van der Waals surface area contributed by atoms with E-state index in [4.69, 9.17) is 4.74 Å². The van der Waals surface area contributed by atoms with Crippen LogP contribution in [0.15, 0.2) is 29.2 Å². The van der Waals surface area contributed by atoms with Crippen LogP contribution < -0.4 is 0 Å². The van der Waals surface area contributed by atoms with Gasteiger partial charge in [0.25, 0.3) is 0 Å². The fraction of sp³-hybridized carbons (Fsp3) is 0.714. The highest BCUT2D eigenvalue weighted by Gasteiger charge is 2.62. The standard InChI is InChI=1S/C21H32N2O3S/c1-20(2)14-21(15-22-8-10-26-11-9-22)16-23(13-19(20)21)12-17-4-6-18(7-5-17)27(3,24)25/h4-7,19H,8-16H2,1-3H3/t19-,21+/m1/s1. The minimum Gasteiger partial charge on any atom is -0.379 e. The maximum Gasteiger partial charge on any atom is 0.175 e. The van der Waals surface area contributed by atoms with Crippen molar-refractivity contribution in [2.24, 2.45) is 16.7 Å². The normalized spacial score (nSPS) is 31.4. The van der Waals surface area contributed by atoms with Gasteiger partial charge in [-0.1, -0.05) is 26.0 Å². The third kappa shape index (κ3) is 3.82. The van der Waals surface area contributed by atoms with E-state index in [9.17, 15) is 8.42 Å². The van der Waals surface area contributed by atoms with Gasteiger partial charge in [0.15, 0.2) is 9.84 Å². The van der Waals surface area contributed by atoms with Crippen molar-refractivity contribution in [2.75, 3.05) is 52.2 Å². The highest BCUT2D eigenvalue weighted by Crippen LogP contribution is 2.63. The molecule has 0 spiro atoms. The van der Waals surface area contributed by atoms with Crippen LogP contribution in [0.5, 0.6) is 0 Å². The lowest BCUT2D eigenvalue weighted by Gasteiger charge is -2.58. The van der Waals surface area contributed by atoms with Crippen LogP contribution in [0.25, 0.3) is 0 Å². The molecule has 2 atom stereocenters. The molecule has 0 unspecified atom stereocenters. The van der Waals surface area contributed by atoms with Crippen molar-refractivity contribution in [1.29, 1.82) is 0 Å². The third-order valence-electron chi connectivity index (χ3n) is 6.87. The fourth-order valence-corrected chi connectivity index (χ4v) is 6.50. The number of fused-ring (bicyclic) bond motifs is 1. The molecule has 1 aromatic rings. The minimum atomic E-state index is -3.13. The van der Waals surface area contributed by atoms with Crippen molar-refractivity contribution in [3.8, 4) is 0 Å². The molecule has 3 aliphatic rings. The summed E-state index contributed by atoms with van der Waals surface area (Å²) in [6, 6.07) is 7.42. The van der Waals surface area contributed by atoms with E-state index >= 15 is 0 Å². The lowest BCUT2D eigenvalue weighted by atomic mass is 9.48. The van der Waals surface area contributed by atoms with Gasteiger partial charge in [0.2, 0.25) is 0 Å². The summed E-state index contributed by atoms with van der Waals surface area (Å²) in [6.45, 7) is 13.1. The quantitative estimate of drug-likeness (QED) is 0.769. The summed E-state index contributed by atoms with van der Waals surface area (Å²) < 4.78 is 28.8. The number of sulfone groups is 1. The molecule has 150 valence electrons. The van der Waals surface area contributed by atoms with Gasteiger partial charge in [-0.15, -0.1) is 0 Å². The molecule has 4 rings (SSSR count). The van der Waals surface area contributed by atoms with E-state index in [2.05, 4.69) is 23.6 Å². The number of likely N-dealkylation sites (tertiary alicyclic amines) is 1. The van der Waals surface area contributed by atoms with E-state index in [0.29, 0.717) is 15.7 Å². The zero-order valence-electron chi connectivity index (χ0n) is 16.8. The summed E-state index contributed by atoms with van der Waals surface area (Å²) in [5, 5.41) is 0. The second-order valence-corrected chi connectivity index (χ2v) is 11.6. The Bertz CT molecular complexity index is 784. The molecule has 27 heavy (non-hydrogen) atoms. The molecule has 2 aliphatic heterocycles.